The van der Waals surface area contributed by atoms with Gasteiger partial charge in [-0.3, -0.25) is 0 Å². The molecule has 0 aromatic heterocycles. The number of rotatable bonds is 2. The smallest absolute Gasteiger partial charge is 0.314 e. The first kappa shape index (κ1) is 19.6. The molecule has 0 saturated heterocycles. The van der Waals surface area contributed by atoms with E-state index in [4.69, 9.17) is 0 Å². The van der Waals surface area contributed by atoms with Gasteiger partial charge in [0, 0.05) is 0 Å². The molecule has 2 N–H and O–H groups in total. The zero-order chi connectivity index (χ0) is 15.8. The van der Waals surface area contributed by atoms with Crippen molar-refractivity contribution < 1.29 is 39.5 Å². The Bertz CT molecular complexity index is 478. The first-order chi connectivity index (χ1) is 8.81. The maximum absolute atomic E-state index is 12.5. The van der Waals surface area contributed by atoms with Gasteiger partial charge in [-0.15, -0.1) is 17.8 Å². The summed E-state index contributed by atoms with van der Waals surface area (Å²) in [5, 5.41) is 0. The van der Waals surface area contributed by atoms with E-state index >= 15 is 0 Å². The monoisotopic (exact) mass is 348 g/mol. The molecular formula is C9H6ClF9N2. The maximum atomic E-state index is 12.5. The predicted molar refractivity (Wildman–Crippen MR) is 56.5 cm³/mol. The second-order valence-corrected chi connectivity index (χ2v) is 3.50. The zero-order valence-electron chi connectivity index (χ0n) is 9.54. The number of anilines is 1. The quantitative estimate of drug-likeness (QED) is 0.464. The molecule has 1 aromatic rings. The lowest BCUT2D eigenvalue weighted by molar-refractivity contribution is -0.153. The van der Waals surface area contributed by atoms with Crippen LogP contribution in [-0.4, -0.2) is 6.30 Å². The molecule has 0 bridgehead atoms. The lowest BCUT2D eigenvalue weighted by atomic mass is 10.1. The van der Waals surface area contributed by atoms with E-state index in [0.717, 1.165) is 0 Å². The maximum Gasteiger partial charge on any atom is 0.474 e. The van der Waals surface area contributed by atoms with E-state index in [0.29, 0.717) is 5.43 Å². The van der Waals surface area contributed by atoms with E-state index < -0.39 is 35.5 Å². The number of benzene rings is 1. The summed E-state index contributed by atoms with van der Waals surface area (Å²) in [6.07, 6.45) is -15.3. The standard InChI is InChI=1S/C9H5F9N2.ClH/c10-7(11,12)4-1-2-6(19-20-9(16,17)18)5(3-4)8(13,14)15;/h1-3,19-20H;1H. The van der Waals surface area contributed by atoms with Crippen molar-refractivity contribution in [3.63, 3.8) is 0 Å². The van der Waals surface area contributed by atoms with Crippen LogP contribution in [0.2, 0.25) is 0 Å². The van der Waals surface area contributed by atoms with Gasteiger partial charge in [0.2, 0.25) is 0 Å². The molecule has 0 saturated carbocycles. The fraction of sp³-hybridized carbons (Fsp3) is 0.333. The Hall–Kier alpha value is -1.36. The van der Waals surface area contributed by atoms with Gasteiger partial charge in [0.1, 0.15) is 0 Å². The third-order valence-electron chi connectivity index (χ3n) is 1.99. The molecule has 1 aromatic carbocycles. The van der Waals surface area contributed by atoms with Crippen LogP contribution in [0.15, 0.2) is 18.2 Å². The van der Waals surface area contributed by atoms with Gasteiger partial charge in [-0.25, -0.2) is 0 Å². The van der Waals surface area contributed by atoms with Gasteiger partial charge in [0.25, 0.3) is 0 Å². The van der Waals surface area contributed by atoms with Gasteiger partial charge in [0.05, 0.1) is 16.8 Å². The molecule has 0 aliphatic carbocycles. The van der Waals surface area contributed by atoms with E-state index in [1.165, 1.54) is 5.43 Å². The van der Waals surface area contributed by atoms with Gasteiger partial charge >= 0.3 is 18.7 Å². The van der Waals surface area contributed by atoms with Crippen molar-refractivity contribution in [2.45, 2.75) is 18.7 Å². The third-order valence-corrected chi connectivity index (χ3v) is 1.99. The van der Waals surface area contributed by atoms with Crippen molar-refractivity contribution in [1.29, 1.82) is 0 Å². The van der Waals surface area contributed by atoms with Crippen molar-refractivity contribution in [3.8, 4) is 0 Å². The molecule has 1 rings (SSSR count). The van der Waals surface area contributed by atoms with Crippen LogP contribution in [0, 0.1) is 0 Å². The minimum atomic E-state index is -5.25. The molecule has 0 spiro atoms. The second kappa shape index (κ2) is 6.18. The molecular weight excluding hydrogens is 343 g/mol. The highest BCUT2D eigenvalue weighted by atomic mass is 35.5. The molecule has 122 valence electrons. The van der Waals surface area contributed by atoms with Crippen molar-refractivity contribution >= 4 is 18.1 Å². The fourth-order valence-electron chi connectivity index (χ4n) is 1.20. The molecule has 21 heavy (non-hydrogen) atoms. The van der Waals surface area contributed by atoms with Crippen molar-refractivity contribution in [2.75, 3.05) is 5.43 Å². The highest BCUT2D eigenvalue weighted by molar-refractivity contribution is 5.85. The number of nitrogens with one attached hydrogen (secondary N) is 2. The van der Waals surface area contributed by atoms with Gasteiger partial charge in [0.15, 0.2) is 0 Å². The topological polar surface area (TPSA) is 24.1 Å². The van der Waals surface area contributed by atoms with Gasteiger partial charge in [-0.1, -0.05) is 0 Å². The van der Waals surface area contributed by atoms with E-state index in [9.17, 15) is 39.5 Å². The summed E-state index contributed by atoms with van der Waals surface area (Å²) in [5.41, 5.74) is -2.92. The molecule has 0 amide bonds. The summed E-state index contributed by atoms with van der Waals surface area (Å²) < 4.78 is 110. The fourth-order valence-corrected chi connectivity index (χ4v) is 1.20. The predicted octanol–water partition coefficient (Wildman–Crippen LogP) is 4.58. The first-order valence-corrected chi connectivity index (χ1v) is 4.69. The van der Waals surface area contributed by atoms with Crippen molar-refractivity contribution in [3.05, 3.63) is 29.3 Å². The molecule has 0 radical (unpaired) electrons. The molecule has 12 heteroatoms. The second-order valence-electron chi connectivity index (χ2n) is 3.50. The summed E-state index contributed by atoms with van der Waals surface area (Å²) in [6.45, 7) is 0. The summed E-state index contributed by atoms with van der Waals surface area (Å²) in [7, 11) is 0. The number of hydrogen-bond donors (Lipinski definition) is 2. The van der Waals surface area contributed by atoms with Crippen LogP contribution in [0.25, 0.3) is 0 Å². The summed E-state index contributed by atoms with van der Waals surface area (Å²) in [6, 6.07) is 0.209. The Morgan fingerprint density at radius 1 is 0.762 bits per heavy atom. The largest absolute Gasteiger partial charge is 0.474 e. The Morgan fingerprint density at radius 2 is 1.29 bits per heavy atom. The number of alkyl halides is 9. The Balaban J connectivity index is 0.00000400. The Kier molecular flexibility index (Phi) is 5.78. The zero-order valence-corrected chi connectivity index (χ0v) is 10.4. The van der Waals surface area contributed by atoms with Gasteiger partial charge < -0.3 is 5.43 Å². The SMILES string of the molecule is Cl.FC(F)(F)NNc1ccc(C(F)(F)F)cc1C(F)(F)F. The van der Waals surface area contributed by atoms with Gasteiger partial charge in [-0.05, 0) is 18.2 Å². The van der Waals surface area contributed by atoms with E-state index in [1.54, 1.807) is 0 Å². The van der Waals surface area contributed by atoms with Crippen LogP contribution in [0.3, 0.4) is 0 Å². The molecule has 0 fully saturated rings. The number of hydrogen-bond acceptors (Lipinski definition) is 2. The Morgan fingerprint density at radius 3 is 1.67 bits per heavy atom. The average molecular weight is 349 g/mol. The third kappa shape index (κ3) is 5.87. The number of hydrazine groups is 1. The van der Waals surface area contributed by atoms with Crippen LogP contribution in [0.5, 0.6) is 0 Å². The van der Waals surface area contributed by atoms with Crippen LogP contribution >= 0.6 is 12.4 Å². The highest BCUT2D eigenvalue weighted by Gasteiger charge is 2.39. The van der Waals surface area contributed by atoms with Crippen molar-refractivity contribution in [1.82, 2.24) is 5.43 Å². The lowest BCUT2D eigenvalue weighted by Crippen LogP contribution is -2.37. The van der Waals surface area contributed by atoms with E-state index in [1.807, 2.05) is 0 Å². The minimum Gasteiger partial charge on any atom is -0.314 e. The van der Waals surface area contributed by atoms with E-state index in [-0.39, 0.29) is 30.6 Å². The molecule has 0 aliphatic rings. The van der Waals surface area contributed by atoms with Gasteiger partial charge in [-0.2, -0.15) is 39.5 Å². The van der Waals surface area contributed by atoms with Crippen LogP contribution in [0.4, 0.5) is 45.2 Å². The molecule has 0 unspecified atom stereocenters. The molecule has 0 atom stereocenters. The lowest BCUT2D eigenvalue weighted by Gasteiger charge is -2.18. The Labute approximate surface area is 117 Å². The first-order valence-electron chi connectivity index (χ1n) is 4.69. The highest BCUT2D eigenvalue weighted by Crippen LogP contribution is 2.39. The summed E-state index contributed by atoms with van der Waals surface area (Å²) in [4.78, 5) is 0. The van der Waals surface area contributed by atoms with Crippen molar-refractivity contribution in [2.24, 2.45) is 0 Å². The van der Waals surface area contributed by atoms with Crippen LogP contribution in [0.1, 0.15) is 11.1 Å². The number of halogens is 10. The molecule has 2 nitrogen and oxygen atoms in total. The van der Waals surface area contributed by atoms with Crippen LogP contribution < -0.4 is 10.9 Å². The average Bonchev–Trinajstić information content (AvgIpc) is 2.22. The summed E-state index contributed by atoms with van der Waals surface area (Å²) >= 11 is 0. The normalized spacial score (nSPS) is 12.8. The summed E-state index contributed by atoms with van der Waals surface area (Å²) in [5.74, 6) is 0. The van der Waals surface area contributed by atoms with E-state index in [2.05, 4.69) is 0 Å². The molecule has 0 heterocycles. The van der Waals surface area contributed by atoms with Crippen LogP contribution in [-0.2, 0) is 12.4 Å². The minimum absolute atomic E-state index is 0. The molecule has 0 aliphatic heterocycles.